The molecule has 0 aromatic carbocycles. The van der Waals surface area contributed by atoms with Gasteiger partial charge in [0.05, 0.1) is 12.1 Å². The molecule has 3 aromatic heterocycles. The van der Waals surface area contributed by atoms with E-state index in [1.54, 1.807) is 28.9 Å². The minimum atomic E-state index is -0.155. The Kier molecular flexibility index (Phi) is 1.81. The van der Waals surface area contributed by atoms with E-state index in [0.717, 1.165) is 5.39 Å². The Labute approximate surface area is 90.6 Å². The van der Waals surface area contributed by atoms with Crippen molar-refractivity contribution in [3.05, 3.63) is 36.4 Å². The monoisotopic (exact) mass is 215 g/mol. The highest BCUT2D eigenvalue weighted by Gasteiger charge is 2.14. The van der Waals surface area contributed by atoms with Gasteiger partial charge in [0.15, 0.2) is 0 Å². The van der Waals surface area contributed by atoms with Crippen LogP contribution in [0.3, 0.4) is 0 Å². The van der Waals surface area contributed by atoms with E-state index in [9.17, 15) is 10.2 Å². The molecule has 0 amide bonds. The lowest BCUT2D eigenvalue weighted by Gasteiger charge is -1.99. The first-order chi connectivity index (χ1) is 7.83. The second-order valence-electron chi connectivity index (χ2n) is 3.51. The molecule has 0 aliphatic heterocycles. The van der Waals surface area contributed by atoms with Gasteiger partial charge in [0.1, 0.15) is 17.7 Å². The van der Waals surface area contributed by atoms with Crippen molar-refractivity contribution in [3.63, 3.8) is 0 Å². The number of rotatable bonds is 1. The van der Waals surface area contributed by atoms with Gasteiger partial charge < -0.3 is 10.2 Å². The Balaban J connectivity index is 2.64. The number of aromatic nitrogens is 3. The molecule has 0 spiro atoms. The Morgan fingerprint density at radius 3 is 3.06 bits per heavy atom. The summed E-state index contributed by atoms with van der Waals surface area (Å²) in [5.74, 6) is 0.129. The quantitative estimate of drug-likeness (QED) is 0.637. The van der Waals surface area contributed by atoms with E-state index < -0.39 is 0 Å². The second kappa shape index (κ2) is 3.18. The summed E-state index contributed by atoms with van der Waals surface area (Å²) in [6.07, 6.45) is 4.88. The number of aliphatic hydroxyl groups is 1. The van der Waals surface area contributed by atoms with Crippen LogP contribution >= 0.6 is 0 Å². The van der Waals surface area contributed by atoms with Crippen molar-refractivity contribution in [1.82, 2.24) is 14.4 Å². The summed E-state index contributed by atoms with van der Waals surface area (Å²) in [7, 11) is 0. The first-order valence-electron chi connectivity index (χ1n) is 4.84. The average Bonchev–Trinajstić information content (AvgIpc) is 2.65. The minimum Gasteiger partial charge on any atom is -0.506 e. The molecule has 0 atom stereocenters. The molecule has 80 valence electrons. The maximum Gasteiger partial charge on any atom is 0.148 e. The molecule has 0 unspecified atom stereocenters. The molecule has 5 nitrogen and oxygen atoms in total. The predicted molar refractivity (Wildman–Crippen MR) is 58.1 cm³/mol. The van der Waals surface area contributed by atoms with Gasteiger partial charge in [0.2, 0.25) is 0 Å². The van der Waals surface area contributed by atoms with E-state index >= 15 is 0 Å². The van der Waals surface area contributed by atoms with Crippen molar-refractivity contribution in [1.29, 1.82) is 0 Å². The van der Waals surface area contributed by atoms with Gasteiger partial charge in [0.25, 0.3) is 0 Å². The summed E-state index contributed by atoms with van der Waals surface area (Å²) >= 11 is 0. The van der Waals surface area contributed by atoms with Crippen molar-refractivity contribution < 1.29 is 10.2 Å². The Hall–Kier alpha value is -2.14. The summed E-state index contributed by atoms with van der Waals surface area (Å²) in [5.41, 5.74) is 1.92. The number of hydrogen-bond donors (Lipinski definition) is 2. The molecule has 0 aliphatic rings. The van der Waals surface area contributed by atoms with Crippen molar-refractivity contribution in [2.24, 2.45) is 0 Å². The van der Waals surface area contributed by atoms with Gasteiger partial charge in [-0.3, -0.25) is 4.40 Å². The van der Waals surface area contributed by atoms with Crippen LogP contribution in [-0.4, -0.2) is 24.6 Å². The van der Waals surface area contributed by atoms with Crippen LogP contribution < -0.4 is 0 Å². The molecule has 0 aliphatic carbocycles. The summed E-state index contributed by atoms with van der Waals surface area (Å²) in [5, 5.41) is 19.9. The van der Waals surface area contributed by atoms with Crippen LogP contribution in [-0.2, 0) is 6.61 Å². The first-order valence-corrected chi connectivity index (χ1v) is 4.84. The van der Waals surface area contributed by atoms with Crippen molar-refractivity contribution >= 4 is 16.6 Å². The molecule has 3 aromatic rings. The molecule has 5 heteroatoms. The lowest BCUT2D eigenvalue weighted by Crippen LogP contribution is -1.86. The van der Waals surface area contributed by atoms with E-state index in [2.05, 4.69) is 9.97 Å². The topological polar surface area (TPSA) is 70.7 Å². The van der Waals surface area contributed by atoms with Crippen LogP contribution in [0, 0.1) is 0 Å². The van der Waals surface area contributed by atoms with Gasteiger partial charge in [-0.1, -0.05) is 0 Å². The maximum absolute atomic E-state index is 9.80. The third-order valence-electron chi connectivity index (χ3n) is 2.66. The van der Waals surface area contributed by atoms with E-state index in [1.165, 1.54) is 6.33 Å². The average molecular weight is 215 g/mol. The molecular formula is C11H9N3O2. The number of pyridine rings is 1. The van der Waals surface area contributed by atoms with Gasteiger partial charge in [-0.25, -0.2) is 9.97 Å². The highest BCUT2D eigenvalue weighted by molar-refractivity contribution is 5.91. The lowest BCUT2D eigenvalue weighted by molar-refractivity contribution is 0.284. The SMILES string of the molecule is OCc1c2cncnc2n2cccc(O)c12. The minimum absolute atomic E-state index is 0.129. The van der Waals surface area contributed by atoms with Gasteiger partial charge in [-0.05, 0) is 12.1 Å². The smallest absolute Gasteiger partial charge is 0.148 e. The predicted octanol–water partition coefficient (Wildman–Crippen LogP) is 1.08. The molecular weight excluding hydrogens is 206 g/mol. The number of fused-ring (bicyclic) bond motifs is 3. The van der Waals surface area contributed by atoms with Crippen LogP contribution in [0.25, 0.3) is 16.6 Å². The van der Waals surface area contributed by atoms with E-state index in [1.807, 2.05) is 0 Å². The van der Waals surface area contributed by atoms with Crippen LogP contribution in [0.1, 0.15) is 5.56 Å². The Morgan fingerprint density at radius 2 is 2.25 bits per heavy atom. The fourth-order valence-electron chi connectivity index (χ4n) is 1.99. The second-order valence-corrected chi connectivity index (χ2v) is 3.51. The summed E-state index contributed by atoms with van der Waals surface area (Å²) < 4.78 is 1.75. The molecule has 0 fully saturated rings. The van der Waals surface area contributed by atoms with Gasteiger partial charge >= 0.3 is 0 Å². The van der Waals surface area contributed by atoms with Crippen molar-refractivity contribution in [2.45, 2.75) is 6.61 Å². The molecule has 2 N–H and O–H groups in total. The highest BCUT2D eigenvalue weighted by atomic mass is 16.3. The standard InChI is InChI=1S/C11H9N3O2/c15-5-8-7-4-12-6-13-11(7)14-3-1-2-9(16)10(8)14/h1-4,6,15-16H,5H2. The van der Waals surface area contributed by atoms with E-state index in [-0.39, 0.29) is 12.4 Å². The maximum atomic E-state index is 9.80. The van der Waals surface area contributed by atoms with Gasteiger partial charge in [-0.15, -0.1) is 0 Å². The molecule has 3 rings (SSSR count). The third kappa shape index (κ3) is 1.03. The molecule has 0 saturated carbocycles. The van der Waals surface area contributed by atoms with Crippen LogP contribution in [0.2, 0.25) is 0 Å². The highest BCUT2D eigenvalue weighted by Crippen LogP contribution is 2.30. The number of nitrogens with zero attached hydrogens (tertiary/aromatic N) is 3. The first kappa shape index (κ1) is 9.11. The van der Waals surface area contributed by atoms with E-state index in [0.29, 0.717) is 16.7 Å². The third-order valence-corrected chi connectivity index (χ3v) is 2.66. The fraction of sp³-hybridized carbons (Fsp3) is 0.0909. The zero-order valence-electron chi connectivity index (χ0n) is 8.33. The van der Waals surface area contributed by atoms with E-state index in [4.69, 9.17) is 0 Å². The number of hydrogen-bond acceptors (Lipinski definition) is 4. The molecule has 3 heterocycles. The summed E-state index contributed by atoms with van der Waals surface area (Å²) in [4.78, 5) is 8.08. The van der Waals surface area contributed by atoms with Crippen LogP contribution in [0.5, 0.6) is 5.75 Å². The lowest BCUT2D eigenvalue weighted by atomic mass is 10.2. The molecule has 16 heavy (non-hydrogen) atoms. The largest absolute Gasteiger partial charge is 0.506 e. The van der Waals surface area contributed by atoms with Gasteiger partial charge in [0, 0.05) is 23.3 Å². The van der Waals surface area contributed by atoms with Crippen LogP contribution in [0.15, 0.2) is 30.9 Å². The Morgan fingerprint density at radius 1 is 1.38 bits per heavy atom. The van der Waals surface area contributed by atoms with Crippen LogP contribution in [0.4, 0.5) is 0 Å². The zero-order chi connectivity index (χ0) is 11.1. The summed E-state index contributed by atoms with van der Waals surface area (Å²) in [6.45, 7) is -0.155. The Bertz CT molecular complexity index is 675. The van der Waals surface area contributed by atoms with Gasteiger partial charge in [-0.2, -0.15) is 0 Å². The summed E-state index contributed by atoms with van der Waals surface area (Å²) in [6, 6.07) is 3.31. The molecule has 0 bridgehead atoms. The molecule has 0 saturated heterocycles. The normalized spacial score (nSPS) is 11.3. The number of aliphatic hydroxyl groups excluding tert-OH is 1. The van der Waals surface area contributed by atoms with Crippen molar-refractivity contribution in [3.8, 4) is 5.75 Å². The zero-order valence-corrected chi connectivity index (χ0v) is 8.33. The van der Waals surface area contributed by atoms with Crippen molar-refractivity contribution in [2.75, 3.05) is 0 Å². The fourth-order valence-corrected chi connectivity index (χ4v) is 1.99. The molecule has 0 radical (unpaired) electrons. The number of aromatic hydroxyl groups is 1.